The van der Waals surface area contributed by atoms with Crippen LogP contribution in [-0.2, 0) is 17.9 Å². The van der Waals surface area contributed by atoms with Gasteiger partial charge in [0, 0.05) is 5.56 Å². The summed E-state index contributed by atoms with van der Waals surface area (Å²) in [5.74, 6) is 0.627. The zero-order valence-electron chi connectivity index (χ0n) is 11.9. The number of nitrogens with two attached hydrogens (primary N) is 2. The van der Waals surface area contributed by atoms with Crippen LogP contribution in [0.5, 0.6) is 11.5 Å². The second-order valence-electron chi connectivity index (χ2n) is 4.52. The Balaban J connectivity index is 1.92. The Bertz CT molecular complexity index is 585. The molecule has 1 amide bonds. The highest BCUT2D eigenvalue weighted by molar-refractivity contribution is 7.09. The van der Waals surface area contributed by atoms with E-state index in [1.54, 1.807) is 24.5 Å². The molecule has 21 heavy (non-hydrogen) atoms. The number of carbonyl (C=O) groups excluding carboxylic acids is 1. The Hall–Kier alpha value is -2.05. The lowest BCUT2D eigenvalue weighted by atomic mass is 10.2. The standard InChI is InChI=1S/C15H18N2O3S/c1-19-14-7-11(4-5-13(14)20-10-15(16)18)8-17-9-12-3-2-6-21-12/h2-7,17H,8-10H2,1H3,(H2,16,18)/p+1. The summed E-state index contributed by atoms with van der Waals surface area (Å²) in [6, 6.07) is 9.87. The fraction of sp³-hybridized carbons (Fsp3) is 0.267. The van der Waals surface area contributed by atoms with Crippen LogP contribution in [0.2, 0.25) is 0 Å². The molecule has 2 aromatic rings. The summed E-state index contributed by atoms with van der Waals surface area (Å²) in [7, 11) is 1.58. The van der Waals surface area contributed by atoms with Crippen LogP contribution in [0.1, 0.15) is 10.4 Å². The van der Waals surface area contributed by atoms with Crippen molar-refractivity contribution in [2.75, 3.05) is 13.7 Å². The molecular weight excluding hydrogens is 288 g/mol. The Morgan fingerprint density at radius 1 is 1.29 bits per heavy atom. The number of methoxy groups -OCH3 is 1. The number of hydrogen-bond acceptors (Lipinski definition) is 4. The summed E-state index contributed by atoms with van der Waals surface area (Å²) in [6.07, 6.45) is 0. The summed E-state index contributed by atoms with van der Waals surface area (Å²) in [5, 5.41) is 4.31. The van der Waals surface area contributed by atoms with E-state index < -0.39 is 5.91 Å². The number of amides is 1. The quantitative estimate of drug-likeness (QED) is 0.760. The maximum atomic E-state index is 10.7. The molecule has 0 radical (unpaired) electrons. The largest absolute Gasteiger partial charge is 0.493 e. The van der Waals surface area contributed by atoms with Gasteiger partial charge in [0.05, 0.1) is 12.0 Å². The van der Waals surface area contributed by atoms with E-state index in [1.807, 2.05) is 12.1 Å². The maximum absolute atomic E-state index is 10.7. The number of carbonyl (C=O) groups is 1. The first-order valence-corrected chi connectivity index (χ1v) is 7.49. The summed E-state index contributed by atoms with van der Waals surface area (Å²) in [6.45, 7) is 1.66. The van der Waals surface area contributed by atoms with E-state index in [2.05, 4.69) is 22.8 Å². The molecule has 0 aliphatic rings. The van der Waals surface area contributed by atoms with Crippen LogP contribution in [0.3, 0.4) is 0 Å². The van der Waals surface area contributed by atoms with Crippen molar-refractivity contribution >= 4 is 17.2 Å². The highest BCUT2D eigenvalue weighted by atomic mass is 32.1. The molecule has 0 aliphatic carbocycles. The molecule has 6 heteroatoms. The molecule has 4 N–H and O–H groups in total. The van der Waals surface area contributed by atoms with Gasteiger partial charge in [0.15, 0.2) is 18.1 Å². The normalized spacial score (nSPS) is 10.3. The lowest BCUT2D eigenvalue weighted by molar-refractivity contribution is -0.685. The average molecular weight is 307 g/mol. The van der Waals surface area contributed by atoms with Crippen LogP contribution in [0.15, 0.2) is 35.7 Å². The van der Waals surface area contributed by atoms with Gasteiger partial charge in [-0.05, 0) is 29.6 Å². The van der Waals surface area contributed by atoms with Crippen molar-refractivity contribution in [2.24, 2.45) is 5.73 Å². The molecule has 1 aromatic heterocycles. The zero-order chi connectivity index (χ0) is 15.1. The van der Waals surface area contributed by atoms with Gasteiger partial charge in [-0.1, -0.05) is 6.07 Å². The van der Waals surface area contributed by atoms with Crippen LogP contribution in [0.4, 0.5) is 0 Å². The van der Waals surface area contributed by atoms with Crippen LogP contribution in [0.25, 0.3) is 0 Å². The molecule has 0 saturated carbocycles. The lowest BCUT2D eigenvalue weighted by Crippen LogP contribution is -2.80. The molecule has 112 valence electrons. The fourth-order valence-corrected chi connectivity index (χ4v) is 2.62. The van der Waals surface area contributed by atoms with Gasteiger partial charge in [-0.15, -0.1) is 11.3 Å². The molecule has 0 bridgehead atoms. The summed E-state index contributed by atoms with van der Waals surface area (Å²) in [5.41, 5.74) is 6.20. The molecule has 0 saturated heterocycles. The predicted octanol–water partition coefficient (Wildman–Crippen LogP) is 0.884. The number of rotatable bonds is 8. The number of ether oxygens (including phenoxy) is 2. The molecular formula is C15H19N2O3S+. The van der Waals surface area contributed by atoms with E-state index >= 15 is 0 Å². The SMILES string of the molecule is COc1cc(C[NH2+]Cc2cccs2)ccc1OCC(N)=O. The fourth-order valence-electron chi connectivity index (χ4n) is 1.92. The Morgan fingerprint density at radius 3 is 2.81 bits per heavy atom. The number of benzene rings is 1. The van der Waals surface area contributed by atoms with E-state index in [0.717, 1.165) is 18.7 Å². The topological polar surface area (TPSA) is 78.2 Å². The van der Waals surface area contributed by atoms with Gasteiger partial charge in [0.2, 0.25) is 0 Å². The molecule has 0 fully saturated rings. The highest BCUT2D eigenvalue weighted by Crippen LogP contribution is 2.27. The van der Waals surface area contributed by atoms with Crippen molar-refractivity contribution in [1.29, 1.82) is 0 Å². The van der Waals surface area contributed by atoms with Crippen molar-refractivity contribution in [3.63, 3.8) is 0 Å². The number of primary amides is 1. The Labute approximate surface area is 127 Å². The molecule has 1 aromatic carbocycles. The lowest BCUT2D eigenvalue weighted by Gasteiger charge is -2.10. The van der Waals surface area contributed by atoms with E-state index in [4.69, 9.17) is 15.2 Å². The second-order valence-corrected chi connectivity index (χ2v) is 5.55. The van der Waals surface area contributed by atoms with Gasteiger partial charge < -0.3 is 20.5 Å². The molecule has 5 nitrogen and oxygen atoms in total. The molecule has 2 rings (SSSR count). The highest BCUT2D eigenvalue weighted by Gasteiger charge is 2.08. The van der Waals surface area contributed by atoms with Gasteiger partial charge in [-0.2, -0.15) is 0 Å². The third kappa shape index (κ3) is 4.77. The Kier molecular flexibility index (Phi) is 5.59. The van der Waals surface area contributed by atoms with Crippen LogP contribution in [-0.4, -0.2) is 19.6 Å². The number of hydrogen-bond donors (Lipinski definition) is 2. The second kappa shape index (κ2) is 7.66. The predicted molar refractivity (Wildman–Crippen MR) is 81.3 cm³/mol. The minimum absolute atomic E-state index is 0.153. The minimum atomic E-state index is -0.509. The smallest absolute Gasteiger partial charge is 0.255 e. The van der Waals surface area contributed by atoms with Crippen molar-refractivity contribution in [3.05, 3.63) is 46.2 Å². The van der Waals surface area contributed by atoms with Gasteiger partial charge in [0.1, 0.15) is 13.1 Å². The van der Waals surface area contributed by atoms with E-state index in [0.29, 0.717) is 11.5 Å². The van der Waals surface area contributed by atoms with Crippen molar-refractivity contribution < 1.29 is 19.6 Å². The van der Waals surface area contributed by atoms with Crippen molar-refractivity contribution in [3.8, 4) is 11.5 Å². The third-order valence-electron chi connectivity index (χ3n) is 2.90. The first-order valence-electron chi connectivity index (χ1n) is 6.61. The summed E-state index contributed by atoms with van der Waals surface area (Å²) < 4.78 is 10.6. The van der Waals surface area contributed by atoms with Gasteiger partial charge in [0.25, 0.3) is 5.91 Å². The number of thiophene rings is 1. The first kappa shape index (κ1) is 15.3. The molecule has 0 atom stereocenters. The van der Waals surface area contributed by atoms with E-state index in [1.165, 1.54) is 4.88 Å². The minimum Gasteiger partial charge on any atom is -0.493 e. The van der Waals surface area contributed by atoms with Crippen LogP contribution in [0, 0.1) is 0 Å². The van der Waals surface area contributed by atoms with E-state index in [-0.39, 0.29) is 6.61 Å². The Morgan fingerprint density at radius 2 is 2.14 bits per heavy atom. The average Bonchev–Trinajstić information content (AvgIpc) is 2.98. The maximum Gasteiger partial charge on any atom is 0.255 e. The molecule has 0 spiro atoms. The summed E-state index contributed by atoms with van der Waals surface area (Å²) >= 11 is 1.76. The summed E-state index contributed by atoms with van der Waals surface area (Å²) in [4.78, 5) is 12.1. The molecule has 1 heterocycles. The monoisotopic (exact) mass is 307 g/mol. The molecule has 0 unspecified atom stereocenters. The zero-order valence-corrected chi connectivity index (χ0v) is 12.7. The van der Waals surface area contributed by atoms with Gasteiger partial charge in [-0.3, -0.25) is 4.79 Å². The van der Waals surface area contributed by atoms with Gasteiger partial charge >= 0.3 is 0 Å². The third-order valence-corrected chi connectivity index (χ3v) is 3.80. The van der Waals surface area contributed by atoms with Crippen LogP contribution < -0.4 is 20.5 Å². The van der Waals surface area contributed by atoms with E-state index in [9.17, 15) is 4.79 Å². The van der Waals surface area contributed by atoms with Crippen molar-refractivity contribution in [1.82, 2.24) is 0 Å². The van der Waals surface area contributed by atoms with Crippen molar-refractivity contribution in [2.45, 2.75) is 13.1 Å². The van der Waals surface area contributed by atoms with Gasteiger partial charge in [-0.25, -0.2) is 0 Å². The first-order chi connectivity index (χ1) is 10.2. The number of quaternary nitrogens is 1. The molecule has 0 aliphatic heterocycles. The van der Waals surface area contributed by atoms with Crippen LogP contribution >= 0.6 is 11.3 Å².